The number of hydrogen-bond donors (Lipinski definition) is 0. The van der Waals surface area contributed by atoms with Gasteiger partial charge in [0.1, 0.15) is 0 Å². The fraction of sp³-hybridized carbons (Fsp3) is 0.727. The Morgan fingerprint density at radius 3 is 1.50 bits per heavy atom. The molecule has 0 aliphatic heterocycles. The van der Waals surface area contributed by atoms with Crippen LogP contribution in [-0.2, 0) is 14.3 Å². The highest BCUT2D eigenvalue weighted by molar-refractivity contribution is 7.86. The first-order valence-corrected chi connectivity index (χ1v) is 13.0. The molecule has 0 saturated carbocycles. The molecule has 0 spiro atoms. The van der Waals surface area contributed by atoms with Crippen LogP contribution in [0.15, 0.2) is 23.1 Å². The summed E-state index contributed by atoms with van der Waals surface area (Å²) in [5.74, 6) is 0. The highest BCUT2D eigenvalue weighted by Crippen LogP contribution is 2.23. The number of hydrogen-bond acceptors (Lipinski definition) is 3. The molecule has 1 aromatic carbocycles. The lowest BCUT2D eigenvalue weighted by Gasteiger charge is -2.07. The first-order valence-electron chi connectivity index (χ1n) is 10.8. The minimum Gasteiger partial charge on any atom is -0.266 e. The van der Waals surface area contributed by atoms with Crippen LogP contribution in [0.1, 0.15) is 96.8 Å². The topological polar surface area (TPSA) is 43.4 Å². The zero-order chi connectivity index (χ0) is 20.7. The van der Waals surface area contributed by atoms with Gasteiger partial charge in [0.2, 0.25) is 0 Å². The zero-order valence-electron chi connectivity index (χ0n) is 17.2. The van der Waals surface area contributed by atoms with Crippen LogP contribution in [0.3, 0.4) is 0 Å². The van der Waals surface area contributed by atoms with Gasteiger partial charge in [0.25, 0.3) is 10.1 Å². The first-order chi connectivity index (χ1) is 13.5. The van der Waals surface area contributed by atoms with Gasteiger partial charge in [-0.2, -0.15) is 8.42 Å². The summed E-state index contributed by atoms with van der Waals surface area (Å²) in [6.45, 7) is 2.46. The molecule has 162 valence electrons. The predicted molar refractivity (Wildman–Crippen MR) is 120 cm³/mol. The van der Waals surface area contributed by atoms with Crippen molar-refractivity contribution in [2.75, 3.05) is 6.61 Å². The Bertz CT molecular complexity index is 612. The second kappa shape index (κ2) is 15.5. The van der Waals surface area contributed by atoms with Gasteiger partial charge in [-0.25, -0.2) is 0 Å². The van der Waals surface area contributed by atoms with Crippen LogP contribution in [0.4, 0.5) is 0 Å². The molecular formula is C22H36Cl2O3S. The van der Waals surface area contributed by atoms with Gasteiger partial charge in [-0.15, -0.1) is 0 Å². The first kappa shape index (κ1) is 25.7. The number of halogens is 2. The van der Waals surface area contributed by atoms with E-state index in [4.69, 9.17) is 27.4 Å². The molecular weight excluding hydrogens is 415 g/mol. The van der Waals surface area contributed by atoms with Crippen LogP contribution < -0.4 is 0 Å². The maximum atomic E-state index is 12.1. The molecule has 0 N–H and O–H groups in total. The molecule has 28 heavy (non-hydrogen) atoms. The molecule has 1 rings (SSSR count). The van der Waals surface area contributed by atoms with E-state index in [0.29, 0.717) is 0 Å². The highest BCUT2D eigenvalue weighted by atomic mass is 35.5. The molecule has 0 fully saturated rings. The lowest BCUT2D eigenvalue weighted by atomic mass is 10.0. The summed E-state index contributed by atoms with van der Waals surface area (Å²) in [6, 6.07) is 4.21. The summed E-state index contributed by atoms with van der Waals surface area (Å²) in [5, 5.41) is 0.567. The van der Waals surface area contributed by atoms with E-state index in [2.05, 4.69) is 6.92 Å². The van der Waals surface area contributed by atoms with E-state index in [9.17, 15) is 8.42 Å². The van der Waals surface area contributed by atoms with Crippen LogP contribution in [0.2, 0.25) is 10.0 Å². The van der Waals surface area contributed by atoms with E-state index in [1.807, 2.05) is 0 Å². The molecule has 0 radical (unpaired) electrons. The Morgan fingerprint density at radius 1 is 0.679 bits per heavy atom. The number of rotatable bonds is 17. The van der Waals surface area contributed by atoms with Gasteiger partial charge >= 0.3 is 0 Å². The molecule has 0 unspecified atom stereocenters. The van der Waals surface area contributed by atoms with Gasteiger partial charge < -0.3 is 0 Å². The van der Waals surface area contributed by atoms with Gasteiger partial charge in [-0.1, -0.05) is 114 Å². The molecule has 0 bridgehead atoms. The molecule has 0 atom stereocenters. The van der Waals surface area contributed by atoms with Crippen molar-refractivity contribution in [3.63, 3.8) is 0 Å². The van der Waals surface area contributed by atoms with Crippen molar-refractivity contribution in [3.05, 3.63) is 28.2 Å². The third kappa shape index (κ3) is 12.3. The van der Waals surface area contributed by atoms with Gasteiger partial charge in [0, 0.05) is 10.0 Å². The lowest BCUT2D eigenvalue weighted by molar-refractivity contribution is 0.306. The summed E-state index contributed by atoms with van der Waals surface area (Å²) in [4.78, 5) is 0.00960. The zero-order valence-corrected chi connectivity index (χ0v) is 19.6. The van der Waals surface area contributed by atoms with Crippen LogP contribution >= 0.6 is 23.2 Å². The van der Waals surface area contributed by atoms with Gasteiger partial charge in [-0.05, 0) is 24.6 Å². The van der Waals surface area contributed by atoms with Crippen molar-refractivity contribution in [2.24, 2.45) is 0 Å². The fourth-order valence-corrected chi connectivity index (χ4v) is 4.88. The average molecular weight is 452 g/mol. The monoisotopic (exact) mass is 450 g/mol. The predicted octanol–water partition coefficient (Wildman–Crippen LogP) is 8.18. The van der Waals surface area contributed by atoms with Crippen molar-refractivity contribution in [3.8, 4) is 0 Å². The maximum Gasteiger partial charge on any atom is 0.297 e. The Labute approximate surface area is 182 Å². The molecule has 0 saturated heterocycles. The quantitative estimate of drug-likeness (QED) is 0.177. The lowest BCUT2D eigenvalue weighted by Crippen LogP contribution is -2.07. The van der Waals surface area contributed by atoms with E-state index in [-0.39, 0.29) is 21.5 Å². The summed E-state index contributed by atoms with van der Waals surface area (Å²) >= 11 is 11.7. The minimum absolute atomic E-state index is 0.00960. The fourth-order valence-electron chi connectivity index (χ4n) is 3.21. The highest BCUT2D eigenvalue weighted by Gasteiger charge is 2.16. The Balaban J connectivity index is 1.97. The molecule has 6 heteroatoms. The number of unbranched alkanes of at least 4 members (excludes halogenated alkanes) is 13. The maximum absolute atomic E-state index is 12.1. The van der Waals surface area contributed by atoms with Crippen LogP contribution in [0.5, 0.6) is 0 Å². The summed E-state index contributed by atoms with van der Waals surface area (Å²) in [5.41, 5.74) is 0. The molecule has 0 amide bonds. The van der Waals surface area contributed by atoms with E-state index >= 15 is 0 Å². The van der Waals surface area contributed by atoms with Crippen LogP contribution in [0.25, 0.3) is 0 Å². The Hall–Kier alpha value is -0.290. The molecule has 1 aromatic rings. The molecule has 0 aliphatic rings. The van der Waals surface area contributed by atoms with Crippen LogP contribution in [-0.4, -0.2) is 15.0 Å². The standard InChI is InChI=1S/C22H36Cl2O3S/c1-2-3-4-5-6-7-8-9-10-11-12-13-14-15-16-27-28(25,26)22-18-20(23)17-21(24)19-22/h17-19H,2-16H2,1H3. The van der Waals surface area contributed by atoms with Crippen molar-refractivity contribution in [2.45, 2.75) is 102 Å². The third-order valence-corrected chi connectivity index (χ3v) is 6.59. The van der Waals surface area contributed by atoms with Crippen LogP contribution in [0, 0.1) is 0 Å². The van der Waals surface area contributed by atoms with E-state index in [1.165, 1.54) is 88.8 Å². The Kier molecular flexibility index (Phi) is 14.3. The third-order valence-electron chi connectivity index (χ3n) is 4.86. The van der Waals surface area contributed by atoms with Gasteiger partial charge in [0.05, 0.1) is 11.5 Å². The molecule has 0 aliphatic carbocycles. The second-order valence-corrected chi connectivity index (χ2v) is 9.97. The van der Waals surface area contributed by atoms with Crippen molar-refractivity contribution in [1.29, 1.82) is 0 Å². The Morgan fingerprint density at radius 2 is 1.07 bits per heavy atom. The normalized spacial score (nSPS) is 11.8. The van der Waals surface area contributed by atoms with Crippen molar-refractivity contribution < 1.29 is 12.6 Å². The number of benzene rings is 1. The van der Waals surface area contributed by atoms with E-state index in [1.54, 1.807) is 0 Å². The van der Waals surface area contributed by atoms with E-state index < -0.39 is 10.1 Å². The van der Waals surface area contributed by atoms with Crippen molar-refractivity contribution in [1.82, 2.24) is 0 Å². The van der Waals surface area contributed by atoms with E-state index in [0.717, 1.165) is 19.3 Å². The smallest absolute Gasteiger partial charge is 0.266 e. The minimum atomic E-state index is -3.79. The van der Waals surface area contributed by atoms with Gasteiger partial charge in [0.15, 0.2) is 0 Å². The summed E-state index contributed by atoms with van der Waals surface area (Å²) in [6.07, 6.45) is 17.6. The van der Waals surface area contributed by atoms with Gasteiger partial charge in [-0.3, -0.25) is 4.18 Å². The summed E-state index contributed by atoms with van der Waals surface area (Å²) in [7, 11) is -3.79. The largest absolute Gasteiger partial charge is 0.297 e. The SMILES string of the molecule is CCCCCCCCCCCCCCCCOS(=O)(=O)c1cc(Cl)cc(Cl)c1. The average Bonchev–Trinajstić information content (AvgIpc) is 2.64. The molecule has 3 nitrogen and oxygen atoms in total. The molecule has 0 aromatic heterocycles. The summed E-state index contributed by atoms with van der Waals surface area (Å²) < 4.78 is 29.3. The second-order valence-electron chi connectivity index (χ2n) is 7.48. The van der Waals surface area contributed by atoms with Crippen molar-refractivity contribution >= 4 is 33.3 Å². The molecule has 0 heterocycles.